The smallest absolute Gasteiger partial charge is 0.176 e. The number of halogens is 1. The van der Waals surface area contributed by atoms with E-state index in [0.717, 1.165) is 12.0 Å². The summed E-state index contributed by atoms with van der Waals surface area (Å²) in [7, 11) is 0. The molecule has 0 amide bonds. The molecule has 106 valence electrons. The molecule has 2 rings (SSSR count). The maximum Gasteiger partial charge on any atom is 0.176 e. The summed E-state index contributed by atoms with van der Waals surface area (Å²) in [5, 5.41) is 3.79. The Morgan fingerprint density at radius 1 is 1.35 bits per heavy atom. The summed E-state index contributed by atoms with van der Waals surface area (Å²) in [5.74, 6) is 1.67. The lowest BCUT2D eigenvalue weighted by Gasteiger charge is -2.13. The third kappa shape index (κ3) is 3.39. The zero-order valence-electron chi connectivity index (χ0n) is 11.2. The second-order valence-electron chi connectivity index (χ2n) is 4.10. The van der Waals surface area contributed by atoms with Crippen molar-refractivity contribution in [3.8, 4) is 11.5 Å². The van der Waals surface area contributed by atoms with E-state index in [2.05, 4.69) is 21.1 Å². The third-order valence-corrected chi connectivity index (χ3v) is 3.09. The number of nitrogens with zero attached hydrogens (tertiary/aromatic N) is 1. The van der Waals surface area contributed by atoms with E-state index in [-0.39, 0.29) is 6.61 Å². The van der Waals surface area contributed by atoms with Gasteiger partial charge in [-0.3, -0.25) is 4.79 Å². The van der Waals surface area contributed by atoms with Gasteiger partial charge in [0, 0.05) is 11.6 Å². The first kappa shape index (κ1) is 14.6. The minimum Gasteiger partial charge on any atom is -0.490 e. The normalized spacial score (nSPS) is 10.3. The zero-order valence-corrected chi connectivity index (χ0v) is 12.8. The molecule has 0 atom stereocenters. The fourth-order valence-corrected chi connectivity index (χ4v) is 2.26. The minimum atomic E-state index is 0.236. The van der Waals surface area contributed by atoms with E-state index in [1.165, 1.54) is 0 Å². The Morgan fingerprint density at radius 3 is 2.75 bits per heavy atom. The highest BCUT2D eigenvalue weighted by atomic mass is 79.9. The van der Waals surface area contributed by atoms with Gasteiger partial charge in [-0.2, -0.15) is 0 Å². The number of benzene rings is 1. The number of hydrogen-bond donors (Lipinski definition) is 0. The molecule has 0 bridgehead atoms. The number of ether oxygens (including phenoxy) is 2. The second kappa shape index (κ2) is 6.56. The summed E-state index contributed by atoms with van der Waals surface area (Å²) in [4.78, 5) is 10.9. The molecule has 1 aromatic carbocycles. The molecular weight excluding hydrogens is 326 g/mol. The first-order valence-electron chi connectivity index (χ1n) is 6.10. The van der Waals surface area contributed by atoms with E-state index in [1.54, 1.807) is 18.2 Å². The van der Waals surface area contributed by atoms with Crippen LogP contribution >= 0.6 is 15.9 Å². The molecule has 20 heavy (non-hydrogen) atoms. The van der Waals surface area contributed by atoms with Crippen LogP contribution in [0.4, 0.5) is 0 Å². The van der Waals surface area contributed by atoms with Crippen LogP contribution in [-0.4, -0.2) is 18.0 Å². The highest BCUT2D eigenvalue weighted by Crippen LogP contribution is 2.37. The Kier molecular flexibility index (Phi) is 4.79. The Morgan fingerprint density at radius 2 is 2.15 bits per heavy atom. The van der Waals surface area contributed by atoms with Crippen molar-refractivity contribution in [2.45, 2.75) is 20.5 Å². The standard InChI is InChI=1S/C14H14BrNO4/c1-3-18-13-6-10(7-17)5-12(15)14(13)19-8-11-4-9(2)16-20-11/h4-7H,3,8H2,1-2H3. The van der Waals surface area contributed by atoms with E-state index in [9.17, 15) is 4.79 Å². The van der Waals surface area contributed by atoms with Crippen LogP contribution in [0.25, 0.3) is 0 Å². The van der Waals surface area contributed by atoms with Gasteiger partial charge in [0.1, 0.15) is 12.9 Å². The number of aromatic nitrogens is 1. The summed E-state index contributed by atoms with van der Waals surface area (Å²) in [6.07, 6.45) is 0.761. The number of aryl methyl sites for hydroxylation is 1. The molecule has 2 aromatic rings. The molecule has 0 aliphatic heterocycles. The van der Waals surface area contributed by atoms with Gasteiger partial charge < -0.3 is 14.0 Å². The van der Waals surface area contributed by atoms with E-state index in [4.69, 9.17) is 14.0 Å². The Balaban J connectivity index is 2.22. The Hall–Kier alpha value is -1.82. The zero-order chi connectivity index (χ0) is 14.5. The second-order valence-corrected chi connectivity index (χ2v) is 4.96. The van der Waals surface area contributed by atoms with Crippen molar-refractivity contribution in [2.75, 3.05) is 6.61 Å². The van der Waals surface area contributed by atoms with Gasteiger partial charge in [0.05, 0.1) is 16.8 Å². The maximum absolute atomic E-state index is 10.9. The summed E-state index contributed by atoms with van der Waals surface area (Å²) in [5.41, 5.74) is 1.31. The third-order valence-electron chi connectivity index (χ3n) is 2.50. The highest BCUT2D eigenvalue weighted by Gasteiger charge is 2.13. The van der Waals surface area contributed by atoms with Crippen molar-refractivity contribution in [3.63, 3.8) is 0 Å². The SMILES string of the molecule is CCOc1cc(C=O)cc(Br)c1OCc1cc(C)no1. The van der Waals surface area contributed by atoms with Gasteiger partial charge in [0.15, 0.2) is 17.3 Å². The molecule has 6 heteroatoms. The molecule has 0 fully saturated rings. The highest BCUT2D eigenvalue weighted by molar-refractivity contribution is 9.10. The molecule has 5 nitrogen and oxygen atoms in total. The molecule has 0 unspecified atom stereocenters. The molecule has 1 heterocycles. The average molecular weight is 340 g/mol. The lowest BCUT2D eigenvalue weighted by atomic mass is 10.2. The van der Waals surface area contributed by atoms with Crippen molar-refractivity contribution >= 4 is 22.2 Å². The van der Waals surface area contributed by atoms with Crippen LogP contribution in [-0.2, 0) is 6.61 Å². The van der Waals surface area contributed by atoms with Gasteiger partial charge in [0.2, 0.25) is 0 Å². The van der Waals surface area contributed by atoms with Crippen LogP contribution in [0.5, 0.6) is 11.5 Å². The van der Waals surface area contributed by atoms with Gasteiger partial charge in [-0.1, -0.05) is 5.16 Å². The van der Waals surface area contributed by atoms with E-state index >= 15 is 0 Å². The van der Waals surface area contributed by atoms with Crippen molar-refractivity contribution in [2.24, 2.45) is 0 Å². The van der Waals surface area contributed by atoms with Crippen LogP contribution in [0.3, 0.4) is 0 Å². The molecule has 0 saturated carbocycles. The molecule has 0 N–H and O–H groups in total. The van der Waals surface area contributed by atoms with Crippen molar-refractivity contribution in [3.05, 3.63) is 39.7 Å². The van der Waals surface area contributed by atoms with Crippen LogP contribution in [0, 0.1) is 6.92 Å². The number of hydrogen-bond acceptors (Lipinski definition) is 5. The van der Waals surface area contributed by atoms with Crippen LogP contribution in [0.1, 0.15) is 28.7 Å². The molecule has 0 saturated heterocycles. The predicted octanol–water partition coefficient (Wildman–Crippen LogP) is 3.54. The van der Waals surface area contributed by atoms with Crippen molar-refractivity contribution < 1.29 is 18.8 Å². The average Bonchev–Trinajstić information content (AvgIpc) is 2.83. The Labute approximate surface area is 125 Å². The molecule has 0 spiro atoms. The number of carbonyl (C=O) groups excluding carboxylic acids is 1. The monoisotopic (exact) mass is 339 g/mol. The van der Waals surface area contributed by atoms with Gasteiger partial charge in [-0.25, -0.2) is 0 Å². The van der Waals surface area contributed by atoms with Crippen LogP contribution < -0.4 is 9.47 Å². The quantitative estimate of drug-likeness (QED) is 0.753. The van der Waals surface area contributed by atoms with E-state index in [1.807, 2.05) is 13.8 Å². The summed E-state index contributed by atoms with van der Waals surface area (Å²) >= 11 is 3.38. The Bertz CT molecular complexity index is 609. The number of aldehydes is 1. The first-order chi connectivity index (χ1) is 9.63. The molecule has 0 aliphatic rings. The summed E-state index contributed by atoms with van der Waals surface area (Å²) in [6, 6.07) is 5.12. The fourth-order valence-electron chi connectivity index (χ4n) is 1.69. The lowest BCUT2D eigenvalue weighted by Crippen LogP contribution is -2.01. The fraction of sp³-hybridized carbons (Fsp3) is 0.286. The van der Waals surface area contributed by atoms with Crippen molar-refractivity contribution in [1.29, 1.82) is 0 Å². The number of carbonyl (C=O) groups is 1. The minimum absolute atomic E-state index is 0.236. The number of rotatable bonds is 6. The van der Waals surface area contributed by atoms with E-state index < -0.39 is 0 Å². The van der Waals surface area contributed by atoms with Gasteiger partial charge in [-0.15, -0.1) is 0 Å². The molecular formula is C14H14BrNO4. The topological polar surface area (TPSA) is 61.6 Å². The largest absolute Gasteiger partial charge is 0.490 e. The van der Waals surface area contributed by atoms with Gasteiger partial charge in [0.25, 0.3) is 0 Å². The lowest BCUT2D eigenvalue weighted by molar-refractivity contribution is 0.112. The summed E-state index contributed by atoms with van der Waals surface area (Å²) in [6.45, 7) is 4.42. The first-order valence-corrected chi connectivity index (χ1v) is 6.89. The van der Waals surface area contributed by atoms with Crippen LogP contribution in [0.15, 0.2) is 27.2 Å². The van der Waals surface area contributed by atoms with Gasteiger partial charge in [-0.05, 0) is 41.9 Å². The molecule has 1 aromatic heterocycles. The van der Waals surface area contributed by atoms with Crippen LogP contribution in [0.2, 0.25) is 0 Å². The van der Waals surface area contributed by atoms with Gasteiger partial charge >= 0.3 is 0 Å². The van der Waals surface area contributed by atoms with Crippen molar-refractivity contribution in [1.82, 2.24) is 5.16 Å². The maximum atomic E-state index is 10.9. The van der Waals surface area contributed by atoms with E-state index in [0.29, 0.717) is 33.9 Å². The molecule has 0 aliphatic carbocycles. The summed E-state index contributed by atoms with van der Waals surface area (Å²) < 4.78 is 16.9. The predicted molar refractivity (Wildman–Crippen MR) is 76.3 cm³/mol. The molecule has 0 radical (unpaired) electrons.